The van der Waals surface area contributed by atoms with Crippen molar-refractivity contribution in [2.45, 2.75) is 32.4 Å². The van der Waals surface area contributed by atoms with E-state index in [1.54, 1.807) is 49.1 Å². The third-order valence-corrected chi connectivity index (χ3v) is 5.04. The fourth-order valence-corrected chi connectivity index (χ4v) is 3.21. The molecule has 0 saturated carbocycles. The van der Waals surface area contributed by atoms with Gasteiger partial charge in [0.15, 0.2) is 5.82 Å². The van der Waals surface area contributed by atoms with E-state index in [1.165, 1.54) is 11.8 Å². The minimum Gasteiger partial charge on any atom is -0.494 e. The molecule has 0 aliphatic carbocycles. The van der Waals surface area contributed by atoms with E-state index in [1.807, 2.05) is 6.92 Å². The summed E-state index contributed by atoms with van der Waals surface area (Å²) in [5.74, 6) is 1.32. The number of nitriles is 1. The second-order valence-electron chi connectivity index (χ2n) is 6.15. The van der Waals surface area contributed by atoms with Gasteiger partial charge in [-0.3, -0.25) is 9.59 Å². The van der Waals surface area contributed by atoms with Crippen LogP contribution >= 0.6 is 11.8 Å². The molecule has 2 amide bonds. The molecule has 0 bridgehead atoms. The summed E-state index contributed by atoms with van der Waals surface area (Å²) in [6, 6.07) is 10.8. The summed E-state index contributed by atoms with van der Waals surface area (Å²) < 4.78 is 10.3. The van der Waals surface area contributed by atoms with Crippen LogP contribution in [-0.2, 0) is 9.59 Å². The summed E-state index contributed by atoms with van der Waals surface area (Å²) >= 11 is 1.22. The Hall–Kier alpha value is -2.99. The molecule has 1 heterocycles. The van der Waals surface area contributed by atoms with Gasteiger partial charge >= 0.3 is 0 Å². The highest BCUT2D eigenvalue weighted by Gasteiger charge is 2.20. The van der Waals surface area contributed by atoms with Gasteiger partial charge in [0, 0.05) is 18.3 Å². The quantitative estimate of drug-likeness (QED) is 0.632. The van der Waals surface area contributed by atoms with Crippen LogP contribution in [0.5, 0.6) is 5.75 Å². The van der Waals surface area contributed by atoms with Crippen molar-refractivity contribution in [2.75, 3.05) is 29.1 Å². The molecule has 2 aromatic rings. The summed E-state index contributed by atoms with van der Waals surface area (Å²) in [6.07, 6.45) is 0.213. The Morgan fingerprint density at radius 1 is 1.38 bits per heavy atom. The topological polar surface area (TPSA) is 108 Å². The molecular weight excluding hydrogens is 392 g/mol. The lowest BCUT2D eigenvalue weighted by Crippen LogP contribution is -2.34. The molecule has 0 spiro atoms. The average molecular weight is 417 g/mol. The van der Waals surface area contributed by atoms with Gasteiger partial charge in [0.2, 0.25) is 11.8 Å². The first kappa shape index (κ1) is 22.3. The van der Waals surface area contributed by atoms with Crippen molar-refractivity contribution in [3.63, 3.8) is 0 Å². The highest BCUT2D eigenvalue weighted by atomic mass is 32.2. The molecule has 1 atom stereocenters. The summed E-state index contributed by atoms with van der Waals surface area (Å²) in [5, 5.41) is 14.8. The van der Waals surface area contributed by atoms with E-state index >= 15 is 0 Å². The number of hydrogen-bond acceptors (Lipinski definition) is 7. The number of aromatic nitrogens is 1. The van der Waals surface area contributed by atoms with Gasteiger partial charge in [0.1, 0.15) is 11.5 Å². The molecule has 29 heavy (non-hydrogen) atoms. The van der Waals surface area contributed by atoms with Crippen molar-refractivity contribution in [1.29, 1.82) is 5.26 Å². The SMILES string of the molecule is CCOc1ccc(N(CCC#N)C(=O)CSC(C)C(=O)Nc2cc(C)on2)cc1. The number of amides is 2. The van der Waals surface area contributed by atoms with E-state index in [0.29, 0.717) is 29.6 Å². The number of nitrogens with zero attached hydrogens (tertiary/aromatic N) is 3. The minimum absolute atomic E-state index is 0.102. The number of anilines is 2. The molecule has 1 N–H and O–H groups in total. The second kappa shape index (κ2) is 11.1. The molecule has 2 rings (SSSR count). The predicted molar refractivity (Wildman–Crippen MR) is 112 cm³/mol. The van der Waals surface area contributed by atoms with Crippen LogP contribution in [0.15, 0.2) is 34.9 Å². The van der Waals surface area contributed by atoms with Gasteiger partial charge in [-0.1, -0.05) is 5.16 Å². The van der Waals surface area contributed by atoms with Crippen LogP contribution in [0.25, 0.3) is 0 Å². The monoisotopic (exact) mass is 416 g/mol. The van der Waals surface area contributed by atoms with E-state index in [9.17, 15) is 9.59 Å². The molecule has 0 aliphatic rings. The normalized spacial score (nSPS) is 11.4. The van der Waals surface area contributed by atoms with E-state index in [2.05, 4.69) is 16.5 Å². The average Bonchev–Trinajstić information content (AvgIpc) is 3.12. The fraction of sp³-hybridized carbons (Fsp3) is 0.400. The maximum atomic E-state index is 12.8. The number of aryl methyl sites for hydroxylation is 1. The number of thioether (sulfide) groups is 1. The first-order valence-corrected chi connectivity index (χ1v) is 10.3. The van der Waals surface area contributed by atoms with Crippen LogP contribution < -0.4 is 15.0 Å². The highest BCUT2D eigenvalue weighted by molar-refractivity contribution is 8.01. The van der Waals surface area contributed by atoms with E-state index in [4.69, 9.17) is 14.5 Å². The summed E-state index contributed by atoms with van der Waals surface area (Å²) in [4.78, 5) is 26.6. The van der Waals surface area contributed by atoms with Gasteiger partial charge in [0.05, 0.1) is 30.1 Å². The summed E-state index contributed by atoms with van der Waals surface area (Å²) in [6.45, 7) is 6.19. The number of benzene rings is 1. The van der Waals surface area contributed by atoms with Crippen LogP contribution in [0.3, 0.4) is 0 Å². The van der Waals surface area contributed by atoms with Crippen LogP contribution in [0.2, 0.25) is 0 Å². The second-order valence-corrected chi connectivity index (χ2v) is 7.47. The standard InChI is InChI=1S/C20H24N4O4S/c1-4-27-17-8-6-16(7-9-17)24(11-5-10-21)19(25)13-29-15(3)20(26)22-18-12-14(2)28-23-18/h6-9,12,15H,4-5,11,13H2,1-3H3,(H,22,23,26). The number of ether oxygens (including phenoxy) is 1. The third-order valence-electron chi connectivity index (χ3n) is 3.91. The Kier molecular flexibility index (Phi) is 8.55. The van der Waals surface area contributed by atoms with E-state index in [-0.39, 0.29) is 30.5 Å². The van der Waals surface area contributed by atoms with Crippen molar-refractivity contribution in [3.8, 4) is 11.8 Å². The highest BCUT2D eigenvalue weighted by Crippen LogP contribution is 2.22. The van der Waals surface area contributed by atoms with Crippen LogP contribution in [-0.4, -0.2) is 41.1 Å². The molecule has 0 fully saturated rings. The Morgan fingerprint density at radius 2 is 2.10 bits per heavy atom. The van der Waals surface area contributed by atoms with Crippen molar-refractivity contribution >= 4 is 35.1 Å². The smallest absolute Gasteiger partial charge is 0.238 e. The van der Waals surface area contributed by atoms with Gasteiger partial charge in [-0.2, -0.15) is 5.26 Å². The van der Waals surface area contributed by atoms with Crippen LogP contribution in [0, 0.1) is 18.3 Å². The van der Waals surface area contributed by atoms with Gasteiger partial charge in [-0.15, -0.1) is 11.8 Å². The Morgan fingerprint density at radius 3 is 2.69 bits per heavy atom. The zero-order chi connectivity index (χ0) is 21.2. The van der Waals surface area contributed by atoms with Crippen LogP contribution in [0.4, 0.5) is 11.5 Å². The maximum Gasteiger partial charge on any atom is 0.238 e. The largest absolute Gasteiger partial charge is 0.494 e. The van der Waals surface area contributed by atoms with Crippen LogP contribution in [0.1, 0.15) is 26.0 Å². The Balaban J connectivity index is 1.96. The van der Waals surface area contributed by atoms with Gasteiger partial charge in [0.25, 0.3) is 0 Å². The summed E-state index contributed by atoms with van der Waals surface area (Å²) in [5.41, 5.74) is 0.685. The summed E-state index contributed by atoms with van der Waals surface area (Å²) in [7, 11) is 0. The Labute approximate surface area is 174 Å². The van der Waals surface area contributed by atoms with Crippen molar-refractivity contribution in [2.24, 2.45) is 0 Å². The lowest BCUT2D eigenvalue weighted by molar-refractivity contribution is -0.116. The Bertz CT molecular complexity index is 860. The molecule has 154 valence electrons. The molecule has 9 heteroatoms. The molecule has 1 aromatic heterocycles. The predicted octanol–water partition coefficient (Wildman–Crippen LogP) is 3.39. The molecule has 1 unspecified atom stereocenters. The number of rotatable bonds is 10. The number of carbonyl (C=O) groups is 2. The molecular formula is C20H24N4O4S. The van der Waals surface area contributed by atoms with E-state index in [0.717, 1.165) is 0 Å². The van der Waals surface area contributed by atoms with Crippen molar-refractivity contribution in [3.05, 3.63) is 36.1 Å². The third kappa shape index (κ3) is 6.84. The molecule has 0 aliphatic heterocycles. The lowest BCUT2D eigenvalue weighted by atomic mass is 10.2. The van der Waals surface area contributed by atoms with Gasteiger partial charge < -0.3 is 19.5 Å². The number of carbonyl (C=O) groups excluding carboxylic acids is 2. The van der Waals surface area contributed by atoms with Crippen molar-refractivity contribution < 1.29 is 18.8 Å². The fourth-order valence-electron chi connectivity index (χ4n) is 2.45. The zero-order valence-corrected chi connectivity index (χ0v) is 17.5. The molecule has 0 radical (unpaired) electrons. The number of nitrogens with one attached hydrogen (secondary N) is 1. The first-order chi connectivity index (χ1) is 13.9. The van der Waals surface area contributed by atoms with Gasteiger partial charge in [-0.25, -0.2) is 0 Å². The lowest BCUT2D eigenvalue weighted by Gasteiger charge is -2.22. The maximum absolute atomic E-state index is 12.8. The van der Waals surface area contributed by atoms with Gasteiger partial charge in [-0.05, 0) is 45.0 Å². The molecule has 1 aromatic carbocycles. The zero-order valence-electron chi connectivity index (χ0n) is 16.7. The molecule has 8 nitrogen and oxygen atoms in total. The molecule has 0 saturated heterocycles. The first-order valence-electron chi connectivity index (χ1n) is 9.20. The van der Waals surface area contributed by atoms with E-state index < -0.39 is 5.25 Å². The van der Waals surface area contributed by atoms with Crippen molar-refractivity contribution in [1.82, 2.24) is 5.16 Å². The number of hydrogen-bond donors (Lipinski definition) is 1. The minimum atomic E-state index is -0.464.